The predicted octanol–water partition coefficient (Wildman–Crippen LogP) is 3.33. The molecule has 2 heterocycles. The number of benzene rings is 1. The molecule has 1 aromatic carbocycles. The minimum absolute atomic E-state index is 0.237. The van der Waals surface area contributed by atoms with E-state index in [1.54, 1.807) is 28.8 Å². The fourth-order valence-corrected chi connectivity index (χ4v) is 3.25. The number of primary amides is 1. The molecule has 0 radical (unpaired) electrons. The first-order valence-electron chi connectivity index (χ1n) is 8.20. The number of carbonyl (C=O) groups excluding carboxylic acids is 1. The van der Waals surface area contributed by atoms with E-state index in [1.807, 2.05) is 0 Å². The number of hydrogen-bond donors (Lipinski definition) is 2. The number of carbonyl (C=O) groups is 1. The Morgan fingerprint density at radius 1 is 1.32 bits per heavy atom. The van der Waals surface area contributed by atoms with E-state index < -0.39 is 5.91 Å². The number of halogens is 1. The molecule has 0 aliphatic carbocycles. The van der Waals surface area contributed by atoms with E-state index in [0.29, 0.717) is 39.4 Å². The largest absolute Gasteiger partial charge is 0.366 e. The lowest BCUT2D eigenvalue weighted by Crippen LogP contribution is -2.17. The molecule has 7 heteroatoms. The van der Waals surface area contributed by atoms with Crippen LogP contribution in [-0.4, -0.2) is 20.4 Å². The van der Waals surface area contributed by atoms with Gasteiger partial charge in [-0.2, -0.15) is 0 Å². The van der Waals surface area contributed by atoms with Crippen molar-refractivity contribution < 1.29 is 4.79 Å². The molecule has 1 amide bonds. The summed E-state index contributed by atoms with van der Waals surface area (Å²) in [7, 11) is 0. The summed E-state index contributed by atoms with van der Waals surface area (Å²) >= 11 is 6.41. The van der Waals surface area contributed by atoms with Crippen molar-refractivity contribution >= 4 is 28.7 Å². The van der Waals surface area contributed by atoms with Crippen LogP contribution in [0.15, 0.2) is 35.3 Å². The highest BCUT2D eigenvalue weighted by Gasteiger charge is 2.20. The Morgan fingerprint density at radius 2 is 2.08 bits per heavy atom. The van der Waals surface area contributed by atoms with Gasteiger partial charge in [0.25, 0.3) is 0 Å². The third kappa shape index (κ3) is 3.17. The standard InChI is InChI=1S/C18H19ClN4O2/c1-2-3-6-9-23-15-14(11-7-4-5-8-12(11)16(20)24)13(19)10-21-17(15)22-18(23)25/h4-5,7-8,10H,2-3,6,9H2,1H3,(H2,20,24)(H,21,22,25). The Labute approximate surface area is 149 Å². The molecule has 0 aliphatic rings. The molecule has 3 rings (SSSR count). The maximum absolute atomic E-state index is 12.4. The second-order valence-corrected chi connectivity index (χ2v) is 6.28. The van der Waals surface area contributed by atoms with Crippen LogP contribution in [0, 0.1) is 0 Å². The lowest BCUT2D eigenvalue weighted by molar-refractivity contribution is 0.100. The van der Waals surface area contributed by atoms with Crippen LogP contribution in [0.1, 0.15) is 36.5 Å². The molecule has 6 nitrogen and oxygen atoms in total. The summed E-state index contributed by atoms with van der Waals surface area (Å²) in [5.41, 5.74) is 7.86. The second-order valence-electron chi connectivity index (χ2n) is 5.88. The average Bonchev–Trinajstić information content (AvgIpc) is 2.91. The van der Waals surface area contributed by atoms with Crippen LogP contribution < -0.4 is 11.4 Å². The Kier molecular flexibility index (Phi) is 4.90. The van der Waals surface area contributed by atoms with Crippen LogP contribution in [0.3, 0.4) is 0 Å². The fourth-order valence-electron chi connectivity index (χ4n) is 3.01. The quantitative estimate of drug-likeness (QED) is 0.662. The van der Waals surface area contributed by atoms with Crippen molar-refractivity contribution in [2.45, 2.75) is 32.7 Å². The highest BCUT2D eigenvalue weighted by atomic mass is 35.5. The van der Waals surface area contributed by atoms with Crippen LogP contribution in [0.5, 0.6) is 0 Å². The number of H-pyrrole nitrogens is 1. The first-order valence-corrected chi connectivity index (χ1v) is 8.58. The smallest absolute Gasteiger partial charge is 0.327 e. The van der Waals surface area contributed by atoms with Gasteiger partial charge in [-0.1, -0.05) is 49.6 Å². The van der Waals surface area contributed by atoms with Gasteiger partial charge in [-0.15, -0.1) is 0 Å². The van der Waals surface area contributed by atoms with Gasteiger partial charge < -0.3 is 5.73 Å². The number of pyridine rings is 1. The first kappa shape index (κ1) is 17.2. The van der Waals surface area contributed by atoms with E-state index in [-0.39, 0.29) is 5.69 Å². The van der Waals surface area contributed by atoms with E-state index in [1.165, 1.54) is 6.20 Å². The van der Waals surface area contributed by atoms with Gasteiger partial charge in [0, 0.05) is 23.9 Å². The van der Waals surface area contributed by atoms with Gasteiger partial charge in [-0.3, -0.25) is 14.3 Å². The third-order valence-corrected chi connectivity index (χ3v) is 4.48. The molecule has 0 fully saturated rings. The lowest BCUT2D eigenvalue weighted by Gasteiger charge is -2.12. The molecule has 0 aliphatic heterocycles. The predicted molar refractivity (Wildman–Crippen MR) is 98.8 cm³/mol. The summed E-state index contributed by atoms with van der Waals surface area (Å²) in [6.07, 6.45) is 4.41. The van der Waals surface area contributed by atoms with Gasteiger partial charge in [-0.25, -0.2) is 9.78 Å². The van der Waals surface area contributed by atoms with E-state index in [2.05, 4.69) is 16.9 Å². The summed E-state index contributed by atoms with van der Waals surface area (Å²) in [5, 5.41) is 0.365. The van der Waals surface area contributed by atoms with Gasteiger partial charge >= 0.3 is 5.69 Å². The number of amides is 1. The summed E-state index contributed by atoms with van der Waals surface area (Å²) in [6, 6.07) is 6.96. The Hall–Kier alpha value is -2.60. The highest BCUT2D eigenvalue weighted by Crippen LogP contribution is 2.35. The molecule has 0 saturated carbocycles. The molecule has 0 unspecified atom stereocenters. The number of rotatable bonds is 6. The van der Waals surface area contributed by atoms with Crippen molar-refractivity contribution in [1.82, 2.24) is 14.5 Å². The zero-order valence-corrected chi connectivity index (χ0v) is 14.6. The fraction of sp³-hybridized carbons (Fsp3) is 0.278. The topological polar surface area (TPSA) is 93.8 Å². The Bertz CT molecular complexity index is 990. The number of nitrogens with one attached hydrogen (secondary N) is 1. The Morgan fingerprint density at radius 3 is 2.80 bits per heavy atom. The van der Waals surface area contributed by atoms with Crippen molar-refractivity contribution in [1.29, 1.82) is 0 Å². The van der Waals surface area contributed by atoms with Gasteiger partial charge in [0.2, 0.25) is 5.91 Å². The molecule has 130 valence electrons. The summed E-state index contributed by atoms with van der Waals surface area (Å²) in [5.74, 6) is -0.549. The number of unbranched alkanes of at least 4 members (excludes halogenated alkanes) is 2. The molecule has 0 bridgehead atoms. The molecule has 0 spiro atoms. The number of aromatic nitrogens is 3. The van der Waals surface area contributed by atoms with Crippen LogP contribution in [0.25, 0.3) is 22.3 Å². The molecule has 0 saturated heterocycles. The Balaban J connectivity index is 2.30. The first-order chi connectivity index (χ1) is 12.0. The SMILES string of the molecule is CCCCCn1c(=O)[nH]c2ncc(Cl)c(-c3ccccc3C(N)=O)c21. The summed E-state index contributed by atoms with van der Waals surface area (Å²) in [4.78, 5) is 31.2. The highest BCUT2D eigenvalue weighted by molar-refractivity contribution is 6.34. The number of imidazole rings is 1. The zero-order valence-electron chi connectivity index (χ0n) is 13.9. The average molecular weight is 359 g/mol. The van der Waals surface area contributed by atoms with E-state index in [4.69, 9.17) is 17.3 Å². The van der Waals surface area contributed by atoms with Gasteiger partial charge in [-0.05, 0) is 18.1 Å². The molecule has 25 heavy (non-hydrogen) atoms. The third-order valence-electron chi connectivity index (χ3n) is 4.19. The molecular formula is C18H19ClN4O2. The molecule has 2 aromatic heterocycles. The molecule has 3 aromatic rings. The van der Waals surface area contributed by atoms with Gasteiger partial charge in [0.05, 0.1) is 10.5 Å². The van der Waals surface area contributed by atoms with E-state index in [0.717, 1.165) is 19.3 Å². The second kappa shape index (κ2) is 7.11. The monoisotopic (exact) mass is 358 g/mol. The number of nitrogens with zero attached hydrogens (tertiary/aromatic N) is 2. The van der Waals surface area contributed by atoms with Crippen LogP contribution in [-0.2, 0) is 6.54 Å². The number of nitrogens with two attached hydrogens (primary N) is 1. The van der Waals surface area contributed by atoms with E-state index >= 15 is 0 Å². The number of aromatic amines is 1. The van der Waals surface area contributed by atoms with Crippen LogP contribution in [0.2, 0.25) is 5.02 Å². The molecule has 3 N–H and O–H groups in total. The minimum atomic E-state index is -0.549. The van der Waals surface area contributed by atoms with Crippen molar-refractivity contribution in [3.05, 3.63) is 51.5 Å². The maximum atomic E-state index is 12.4. The molecule has 0 atom stereocenters. The van der Waals surface area contributed by atoms with E-state index in [9.17, 15) is 9.59 Å². The maximum Gasteiger partial charge on any atom is 0.327 e. The van der Waals surface area contributed by atoms with Crippen LogP contribution in [0.4, 0.5) is 0 Å². The van der Waals surface area contributed by atoms with Crippen LogP contribution >= 0.6 is 11.6 Å². The van der Waals surface area contributed by atoms with Crippen molar-refractivity contribution in [2.24, 2.45) is 5.73 Å². The summed E-state index contributed by atoms with van der Waals surface area (Å²) < 4.78 is 1.64. The number of hydrogen-bond acceptors (Lipinski definition) is 3. The van der Waals surface area contributed by atoms with Crippen molar-refractivity contribution in [3.63, 3.8) is 0 Å². The summed E-state index contributed by atoms with van der Waals surface area (Å²) in [6.45, 7) is 2.66. The number of aryl methyl sites for hydroxylation is 1. The number of fused-ring (bicyclic) bond motifs is 1. The lowest BCUT2D eigenvalue weighted by atomic mass is 9.99. The van der Waals surface area contributed by atoms with Crippen molar-refractivity contribution in [3.8, 4) is 11.1 Å². The minimum Gasteiger partial charge on any atom is -0.366 e. The zero-order chi connectivity index (χ0) is 18.0. The van der Waals surface area contributed by atoms with Crippen molar-refractivity contribution in [2.75, 3.05) is 0 Å². The molecular weight excluding hydrogens is 340 g/mol. The van der Waals surface area contributed by atoms with Gasteiger partial charge in [0.1, 0.15) is 0 Å². The normalized spacial score (nSPS) is 11.1. The van der Waals surface area contributed by atoms with Gasteiger partial charge in [0.15, 0.2) is 5.65 Å².